The highest BCUT2D eigenvalue weighted by molar-refractivity contribution is 7.92. The van der Waals surface area contributed by atoms with E-state index in [4.69, 9.17) is 27.9 Å². The zero-order valence-corrected chi connectivity index (χ0v) is 20.2. The molecule has 1 saturated heterocycles. The van der Waals surface area contributed by atoms with Gasteiger partial charge >= 0.3 is 5.97 Å². The van der Waals surface area contributed by atoms with Crippen molar-refractivity contribution in [3.8, 4) is 5.75 Å². The van der Waals surface area contributed by atoms with Crippen LogP contribution in [0.2, 0.25) is 9.36 Å². The molecule has 0 saturated carbocycles. The van der Waals surface area contributed by atoms with Gasteiger partial charge in [-0.2, -0.15) is 0 Å². The van der Waals surface area contributed by atoms with Gasteiger partial charge in [0.1, 0.15) is 19.9 Å². The van der Waals surface area contributed by atoms with Crippen LogP contribution in [-0.4, -0.2) is 75.7 Å². The molecule has 2 aromatic rings. The second kappa shape index (κ2) is 10.5. The highest BCUT2D eigenvalue weighted by atomic mass is 35.5. The number of likely N-dealkylation sites (N-methyl/N-ethyl adjacent to an activating group) is 1. The van der Waals surface area contributed by atoms with Gasteiger partial charge in [-0.25, -0.2) is 13.2 Å². The van der Waals surface area contributed by atoms with Crippen molar-refractivity contribution in [1.82, 2.24) is 9.80 Å². The number of esters is 1. The number of thiophene rings is 1. The number of hydrogen-bond donors (Lipinski definition) is 1. The van der Waals surface area contributed by atoms with Crippen LogP contribution in [-0.2, 0) is 20.3 Å². The summed E-state index contributed by atoms with van der Waals surface area (Å²) in [5.74, 6) is -1.31. The van der Waals surface area contributed by atoms with Gasteiger partial charge < -0.3 is 19.6 Å². The Kier molecular flexibility index (Phi) is 8.23. The number of sulfone groups is 1. The van der Waals surface area contributed by atoms with Crippen molar-refractivity contribution in [1.29, 1.82) is 0 Å². The van der Waals surface area contributed by atoms with Crippen LogP contribution in [0.4, 0.5) is 0 Å². The van der Waals surface area contributed by atoms with Crippen LogP contribution in [0.1, 0.15) is 22.3 Å². The molecule has 0 radical (unpaired) electrons. The quantitative estimate of drug-likeness (QED) is 0.432. The van der Waals surface area contributed by atoms with Crippen molar-refractivity contribution >= 4 is 50.3 Å². The first-order valence-corrected chi connectivity index (χ1v) is 13.0. The van der Waals surface area contributed by atoms with Crippen molar-refractivity contribution in [2.24, 2.45) is 0 Å². The third-order valence-corrected chi connectivity index (χ3v) is 9.13. The second-order valence-corrected chi connectivity index (χ2v) is 11.7. The maximum Gasteiger partial charge on any atom is 0.341 e. The number of ether oxygens (including phenoxy) is 1. The predicted molar refractivity (Wildman–Crippen MR) is 122 cm³/mol. The Morgan fingerprint density at radius 3 is 2.52 bits per heavy atom. The average Bonchev–Trinajstić information content (AvgIpc) is 3.06. The zero-order chi connectivity index (χ0) is 22.6. The van der Waals surface area contributed by atoms with Gasteiger partial charge in [-0.1, -0.05) is 29.3 Å². The molecular formula is C20H24Cl2N2O5S2. The van der Waals surface area contributed by atoms with Crippen LogP contribution in [0.5, 0.6) is 5.75 Å². The number of carbonyl (C=O) groups is 1. The molecule has 0 atom stereocenters. The number of aromatic hydroxyl groups is 1. The SMILES string of the molecule is CN1CCN(CCCOC(=O)c2ccc(CS(=O)(=O)c3cc(Cl)c(Cl)s3)cc2O)CC1. The molecule has 3 rings (SSSR count). The first-order chi connectivity index (χ1) is 14.7. The summed E-state index contributed by atoms with van der Waals surface area (Å²) in [6, 6.07) is 5.42. The molecule has 0 unspecified atom stereocenters. The molecule has 1 aromatic carbocycles. The summed E-state index contributed by atoms with van der Waals surface area (Å²) in [4.78, 5) is 16.9. The lowest BCUT2D eigenvalue weighted by molar-refractivity contribution is 0.0476. The van der Waals surface area contributed by atoms with Crippen molar-refractivity contribution in [3.05, 3.63) is 44.8 Å². The lowest BCUT2D eigenvalue weighted by Gasteiger charge is -2.32. The van der Waals surface area contributed by atoms with E-state index in [-0.39, 0.29) is 37.2 Å². The number of carbonyl (C=O) groups excluding carboxylic acids is 1. The van der Waals surface area contributed by atoms with Crippen LogP contribution in [0.3, 0.4) is 0 Å². The summed E-state index contributed by atoms with van der Waals surface area (Å²) in [6.45, 7) is 5.16. The fraction of sp³-hybridized carbons (Fsp3) is 0.450. The molecule has 11 heteroatoms. The minimum Gasteiger partial charge on any atom is -0.507 e. The van der Waals surface area contributed by atoms with Gasteiger partial charge in [-0.3, -0.25) is 0 Å². The molecule has 1 N–H and O–H groups in total. The van der Waals surface area contributed by atoms with E-state index in [0.717, 1.165) is 44.1 Å². The molecule has 0 bridgehead atoms. The van der Waals surface area contributed by atoms with E-state index in [1.807, 2.05) is 0 Å². The fourth-order valence-electron chi connectivity index (χ4n) is 3.21. The molecule has 1 aromatic heterocycles. The number of rotatable bonds is 8. The largest absolute Gasteiger partial charge is 0.507 e. The van der Waals surface area contributed by atoms with Crippen LogP contribution in [0.15, 0.2) is 28.5 Å². The minimum absolute atomic E-state index is 0.00274. The van der Waals surface area contributed by atoms with Crippen molar-refractivity contribution in [3.63, 3.8) is 0 Å². The van der Waals surface area contributed by atoms with Gasteiger partial charge in [0, 0.05) is 32.7 Å². The number of benzene rings is 1. The normalized spacial score (nSPS) is 15.8. The van der Waals surface area contributed by atoms with Crippen LogP contribution in [0, 0.1) is 0 Å². The molecule has 2 heterocycles. The highest BCUT2D eigenvalue weighted by Crippen LogP contribution is 2.36. The second-order valence-electron chi connectivity index (χ2n) is 7.43. The van der Waals surface area contributed by atoms with E-state index >= 15 is 0 Å². The lowest BCUT2D eigenvalue weighted by Crippen LogP contribution is -2.44. The minimum atomic E-state index is -3.68. The number of hydrogen-bond acceptors (Lipinski definition) is 8. The fourth-order valence-corrected chi connectivity index (χ4v) is 6.51. The van der Waals surface area contributed by atoms with Crippen molar-refractivity contribution in [2.45, 2.75) is 16.4 Å². The standard InChI is InChI=1S/C20H24Cl2N2O5S2/c1-23-6-8-24(9-7-23)5-2-10-29-20(26)15-4-3-14(11-17(15)25)13-31(27,28)18-12-16(21)19(22)30-18/h3-4,11-12,25H,2,5-10,13H2,1H3. The molecule has 0 spiro atoms. The van der Waals surface area contributed by atoms with Gasteiger partial charge in [0.15, 0.2) is 9.84 Å². The third kappa shape index (κ3) is 6.57. The Hall–Kier alpha value is -1.36. The number of phenolic OH excluding ortho intramolecular Hbond substituents is 1. The van der Waals surface area contributed by atoms with E-state index in [9.17, 15) is 18.3 Å². The highest BCUT2D eigenvalue weighted by Gasteiger charge is 2.22. The van der Waals surface area contributed by atoms with Gasteiger partial charge in [0.2, 0.25) is 0 Å². The lowest BCUT2D eigenvalue weighted by atomic mass is 10.1. The van der Waals surface area contributed by atoms with Crippen LogP contribution < -0.4 is 0 Å². The molecule has 1 fully saturated rings. The molecule has 170 valence electrons. The molecule has 31 heavy (non-hydrogen) atoms. The summed E-state index contributed by atoms with van der Waals surface area (Å²) >= 11 is 12.6. The van der Waals surface area contributed by atoms with E-state index < -0.39 is 15.8 Å². The molecule has 1 aliphatic heterocycles. The van der Waals surface area contributed by atoms with Crippen LogP contribution >= 0.6 is 34.5 Å². The molecular weight excluding hydrogens is 483 g/mol. The Bertz CT molecular complexity index is 1010. The first-order valence-electron chi connectivity index (χ1n) is 9.73. The van der Waals surface area contributed by atoms with Crippen molar-refractivity contribution in [2.75, 3.05) is 46.4 Å². The van der Waals surface area contributed by atoms with Crippen molar-refractivity contribution < 1.29 is 23.1 Å². The van der Waals surface area contributed by atoms with Gasteiger partial charge in [-0.15, -0.1) is 11.3 Å². The number of halogens is 2. The Morgan fingerprint density at radius 2 is 1.90 bits per heavy atom. The average molecular weight is 507 g/mol. The molecule has 7 nitrogen and oxygen atoms in total. The Labute approximate surface area is 196 Å². The van der Waals surface area contributed by atoms with Gasteiger partial charge in [0.25, 0.3) is 0 Å². The van der Waals surface area contributed by atoms with E-state index in [2.05, 4.69) is 16.8 Å². The van der Waals surface area contributed by atoms with E-state index in [1.165, 1.54) is 24.3 Å². The number of nitrogens with zero attached hydrogens (tertiary/aromatic N) is 2. The maximum atomic E-state index is 12.5. The number of piperazine rings is 1. The summed E-state index contributed by atoms with van der Waals surface area (Å²) in [7, 11) is -1.59. The first kappa shape index (κ1) is 24.3. The third-order valence-electron chi connectivity index (χ3n) is 5.02. The Morgan fingerprint density at radius 1 is 1.19 bits per heavy atom. The maximum absolute atomic E-state index is 12.5. The molecule has 0 aliphatic carbocycles. The summed E-state index contributed by atoms with van der Waals surface area (Å²) in [6.07, 6.45) is 0.707. The van der Waals surface area contributed by atoms with Crippen LogP contribution in [0.25, 0.3) is 0 Å². The van der Waals surface area contributed by atoms with Gasteiger partial charge in [0.05, 0.1) is 17.4 Å². The van der Waals surface area contributed by atoms with E-state index in [1.54, 1.807) is 0 Å². The topological polar surface area (TPSA) is 87.2 Å². The van der Waals surface area contributed by atoms with Gasteiger partial charge in [-0.05, 0) is 37.2 Å². The molecule has 0 amide bonds. The number of phenols is 1. The summed E-state index contributed by atoms with van der Waals surface area (Å²) < 4.78 is 30.6. The monoisotopic (exact) mass is 506 g/mol. The zero-order valence-electron chi connectivity index (χ0n) is 17.0. The smallest absolute Gasteiger partial charge is 0.341 e. The van der Waals surface area contributed by atoms with E-state index in [0.29, 0.717) is 12.0 Å². The summed E-state index contributed by atoms with van der Waals surface area (Å²) in [5.41, 5.74) is 0.340. The molecule has 1 aliphatic rings. The summed E-state index contributed by atoms with van der Waals surface area (Å²) in [5, 5.41) is 10.4. The predicted octanol–water partition coefficient (Wildman–Crippen LogP) is 3.53. The Balaban J connectivity index is 1.53.